The molecular formula is C14H11NO3SSe. The minimum absolute atomic E-state index is 0.158. The Bertz CT molecular complexity index is 936. The van der Waals surface area contributed by atoms with Crippen molar-refractivity contribution < 1.29 is 8.42 Å². The molecule has 1 heterocycles. The molecule has 0 spiro atoms. The molecule has 0 radical (unpaired) electrons. The average molecular weight is 352 g/mol. The molecule has 6 heteroatoms. The monoisotopic (exact) mass is 353 g/mol. The van der Waals surface area contributed by atoms with Gasteiger partial charge in [0.1, 0.15) is 0 Å². The van der Waals surface area contributed by atoms with Gasteiger partial charge in [-0.2, -0.15) is 0 Å². The molecule has 0 aliphatic carbocycles. The van der Waals surface area contributed by atoms with Crippen LogP contribution >= 0.6 is 0 Å². The van der Waals surface area contributed by atoms with Crippen LogP contribution in [-0.2, 0) is 10.0 Å². The zero-order chi connectivity index (χ0) is 14.3. The normalized spacial score (nSPS) is 11.8. The van der Waals surface area contributed by atoms with Gasteiger partial charge >= 0.3 is 122 Å². The molecule has 102 valence electrons. The number of rotatable bonds is 2. The molecule has 0 aliphatic heterocycles. The summed E-state index contributed by atoms with van der Waals surface area (Å²) in [6.45, 7) is 1.89. The third-order valence-electron chi connectivity index (χ3n) is 3.00. The van der Waals surface area contributed by atoms with Crippen LogP contribution < -0.4 is 5.56 Å². The van der Waals surface area contributed by atoms with E-state index in [9.17, 15) is 13.2 Å². The Balaban J connectivity index is 2.26. The first kappa shape index (κ1) is 13.4. The Kier molecular flexibility index (Phi) is 3.16. The molecule has 0 unspecified atom stereocenters. The summed E-state index contributed by atoms with van der Waals surface area (Å²) in [6.07, 6.45) is 0. The van der Waals surface area contributed by atoms with Crippen LogP contribution in [-0.4, -0.2) is 26.1 Å². The molecule has 3 rings (SSSR count). The van der Waals surface area contributed by atoms with Crippen molar-refractivity contribution in [1.82, 2.24) is 2.97 Å². The summed E-state index contributed by atoms with van der Waals surface area (Å²) in [4.78, 5) is 12.4. The van der Waals surface area contributed by atoms with Gasteiger partial charge in [0, 0.05) is 0 Å². The summed E-state index contributed by atoms with van der Waals surface area (Å²) in [6, 6.07) is 13.6. The van der Waals surface area contributed by atoms with Crippen molar-refractivity contribution in [2.75, 3.05) is 0 Å². The van der Waals surface area contributed by atoms with E-state index in [1.165, 1.54) is 12.1 Å². The van der Waals surface area contributed by atoms with Crippen LogP contribution in [0.4, 0.5) is 0 Å². The average Bonchev–Trinajstić information content (AvgIpc) is 2.78. The van der Waals surface area contributed by atoms with Crippen molar-refractivity contribution in [3.05, 3.63) is 64.4 Å². The Hall–Kier alpha value is -1.62. The zero-order valence-electron chi connectivity index (χ0n) is 10.6. The van der Waals surface area contributed by atoms with Crippen LogP contribution in [0.1, 0.15) is 5.56 Å². The molecule has 2 aromatic carbocycles. The molecule has 0 N–H and O–H groups in total. The molecule has 20 heavy (non-hydrogen) atoms. The third-order valence-corrected chi connectivity index (χ3v) is 7.95. The Labute approximate surface area is 122 Å². The molecule has 3 aromatic rings. The molecule has 1 aromatic heterocycles. The molecule has 4 nitrogen and oxygen atoms in total. The van der Waals surface area contributed by atoms with Gasteiger partial charge in [-0.3, -0.25) is 0 Å². The van der Waals surface area contributed by atoms with Crippen LogP contribution in [0.3, 0.4) is 0 Å². The quantitative estimate of drug-likeness (QED) is 0.659. The summed E-state index contributed by atoms with van der Waals surface area (Å²) < 4.78 is 26.9. The summed E-state index contributed by atoms with van der Waals surface area (Å²) in [7, 11) is -3.76. The Morgan fingerprint density at radius 1 is 1.00 bits per heavy atom. The van der Waals surface area contributed by atoms with Gasteiger partial charge in [0.25, 0.3) is 0 Å². The summed E-state index contributed by atoms with van der Waals surface area (Å²) in [5.74, 6) is 0. The van der Waals surface area contributed by atoms with Crippen LogP contribution in [0.5, 0.6) is 0 Å². The molecule has 0 bridgehead atoms. The number of nitrogens with zero attached hydrogens (tertiary/aromatic N) is 1. The van der Waals surface area contributed by atoms with Crippen molar-refractivity contribution >= 4 is 34.4 Å². The van der Waals surface area contributed by atoms with Crippen LogP contribution in [0.15, 0.2) is 58.2 Å². The molecule has 0 saturated carbocycles. The summed E-state index contributed by atoms with van der Waals surface area (Å²) in [5.41, 5.74) is 0.548. The molecule has 0 fully saturated rings. The first-order valence-corrected chi connectivity index (χ1v) is 9.00. The van der Waals surface area contributed by atoms with E-state index >= 15 is 0 Å². The van der Waals surface area contributed by atoms with Crippen molar-refractivity contribution in [1.29, 1.82) is 0 Å². The number of fused-ring (bicyclic) bond motifs is 1. The van der Waals surface area contributed by atoms with E-state index in [0.717, 1.165) is 12.8 Å². The molecular weight excluding hydrogens is 341 g/mol. The van der Waals surface area contributed by atoms with E-state index in [0.29, 0.717) is 5.39 Å². The second-order valence-corrected chi connectivity index (χ2v) is 8.82. The van der Waals surface area contributed by atoms with Gasteiger partial charge in [0.05, 0.1) is 0 Å². The Morgan fingerprint density at radius 2 is 1.65 bits per heavy atom. The maximum absolute atomic E-state index is 12.5. The first-order chi connectivity index (χ1) is 9.50. The summed E-state index contributed by atoms with van der Waals surface area (Å²) in [5, 5.41) is 0.489. The number of aromatic nitrogens is 1. The number of aryl methyl sites for hydroxylation is 1. The fourth-order valence-electron chi connectivity index (χ4n) is 1.92. The standard InChI is InChI=1S/C14H11NO3SSe/c1-10-6-8-11(9-7-10)19(17,18)15-14(16)12-4-2-3-5-13(12)20-15/h2-9H,1H3. The number of hydrogen-bond acceptors (Lipinski definition) is 3. The first-order valence-electron chi connectivity index (χ1n) is 5.93. The maximum atomic E-state index is 12.5. The van der Waals surface area contributed by atoms with Crippen LogP contribution in [0, 0.1) is 6.92 Å². The van der Waals surface area contributed by atoms with E-state index in [1.54, 1.807) is 30.3 Å². The van der Waals surface area contributed by atoms with E-state index in [2.05, 4.69) is 0 Å². The number of hydrogen-bond donors (Lipinski definition) is 0. The predicted molar refractivity (Wildman–Crippen MR) is 78.9 cm³/mol. The van der Waals surface area contributed by atoms with Gasteiger partial charge in [0.15, 0.2) is 0 Å². The van der Waals surface area contributed by atoms with Gasteiger partial charge in [-0.15, -0.1) is 0 Å². The van der Waals surface area contributed by atoms with E-state index < -0.39 is 30.3 Å². The van der Waals surface area contributed by atoms with Crippen LogP contribution in [0.25, 0.3) is 9.65 Å². The van der Waals surface area contributed by atoms with Crippen LogP contribution in [0.2, 0.25) is 0 Å². The van der Waals surface area contributed by atoms with E-state index in [4.69, 9.17) is 0 Å². The van der Waals surface area contributed by atoms with E-state index in [-0.39, 0.29) is 4.90 Å². The molecule has 0 aliphatic rings. The molecule has 0 amide bonds. The third kappa shape index (κ3) is 2.06. The predicted octanol–water partition coefficient (Wildman–Crippen LogP) is 1.60. The molecule has 0 atom stereocenters. The Morgan fingerprint density at radius 3 is 2.30 bits per heavy atom. The van der Waals surface area contributed by atoms with Crippen molar-refractivity contribution in [2.24, 2.45) is 0 Å². The van der Waals surface area contributed by atoms with Crippen molar-refractivity contribution in [2.45, 2.75) is 11.8 Å². The van der Waals surface area contributed by atoms with Gasteiger partial charge in [0.2, 0.25) is 0 Å². The van der Waals surface area contributed by atoms with Gasteiger partial charge in [-0.1, -0.05) is 0 Å². The van der Waals surface area contributed by atoms with Gasteiger partial charge in [-0.05, 0) is 0 Å². The topological polar surface area (TPSA) is 56.1 Å². The molecule has 0 saturated heterocycles. The van der Waals surface area contributed by atoms with Crippen molar-refractivity contribution in [3.8, 4) is 0 Å². The fraction of sp³-hybridized carbons (Fsp3) is 0.0714. The fourth-order valence-corrected chi connectivity index (χ4v) is 6.16. The minimum atomic E-state index is -3.76. The van der Waals surface area contributed by atoms with Gasteiger partial charge in [-0.25, -0.2) is 0 Å². The summed E-state index contributed by atoms with van der Waals surface area (Å²) >= 11 is -0.530. The second kappa shape index (κ2) is 4.74. The van der Waals surface area contributed by atoms with Gasteiger partial charge < -0.3 is 0 Å². The SMILES string of the molecule is Cc1ccc(S(=O)(=O)n2[se]c3ccccc3c2=O)cc1. The van der Waals surface area contributed by atoms with Crippen molar-refractivity contribution in [3.63, 3.8) is 0 Å². The van der Waals surface area contributed by atoms with E-state index in [1.807, 2.05) is 13.0 Å². The zero-order valence-corrected chi connectivity index (χ0v) is 13.1. The number of benzene rings is 2. The second-order valence-electron chi connectivity index (χ2n) is 4.44.